The Morgan fingerprint density at radius 1 is 0.359 bits per heavy atom. The van der Waals surface area contributed by atoms with Crippen molar-refractivity contribution in [2.24, 2.45) is 0 Å². The van der Waals surface area contributed by atoms with Crippen LogP contribution in [-0.2, 0) is 23.8 Å². The van der Waals surface area contributed by atoms with E-state index in [0.29, 0.717) is 19.4 Å². The number of hydrogen-bond acceptors (Lipinski definition) is 5. The number of carbonyl (C=O) groups excluding carboxylic acids is 2. The van der Waals surface area contributed by atoms with Crippen molar-refractivity contribution in [2.45, 2.75) is 271 Å². The molecular formula is C59H104O5. The van der Waals surface area contributed by atoms with Crippen molar-refractivity contribution in [3.63, 3.8) is 0 Å². The zero-order valence-corrected chi connectivity index (χ0v) is 42.5. The average molecular weight is 893 g/mol. The molecule has 370 valence electrons. The Morgan fingerprint density at radius 2 is 0.734 bits per heavy atom. The molecule has 0 heterocycles. The predicted molar refractivity (Wildman–Crippen MR) is 279 cm³/mol. The first-order valence-corrected chi connectivity index (χ1v) is 27.5. The normalized spacial score (nSPS) is 12.7. The van der Waals surface area contributed by atoms with E-state index in [9.17, 15) is 9.59 Å². The lowest BCUT2D eigenvalue weighted by Gasteiger charge is -2.18. The molecule has 5 nitrogen and oxygen atoms in total. The number of ether oxygens (including phenoxy) is 3. The van der Waals surface area contributed by atoms with E-state index < -0.39 is 6.10 Å². The van der Waals surface area contributed by atoms with Crippen molar-refractivity contribution < 1.29 is 23.8 Å². The number of rotatable bonds is 50. The van der Waals surface area contributed by atoms with Crippen molar-refractivity contribution in [2.75, 3.05) is 19.8 Å². The minimum atomic E-state index is -0.551. The zero-order valence-electron chi connectivity index (χ0n) is 42.5. The predicted octanol–water partition coefficient (Wildman–Crippen LogP) is 18.7. The van der Waals surface area contributed by atoms with E-state index in [1.165, 1.54) is 141 Å². The van der Waals surface area contributed by atoms with E-state index in [1.54, 1.807) is 0 Å². The van der Waals surface area contributed by atoms with Gasteiger partial charge in [-0.3, -0.25) is 9.59 Å². The van der Waals surface area contributed by atoms with Gasteiger partial charge in [-0.1, -0.05) is 222 Å². The van der Waals surface area contributed by atoms with Crippen molar-refractivity contribution in [3.05, 3.63) is 72.9 Å². The molecule has 0 aliphatic rings. The van der Waals surface area contributed by atoms with Gasteiger partial charge in [-0.25, -0.2) is 0 Å². The fourth-order valence-corrected chi connectivity index (χ4v) is 7.62. The van der Waals surface area contributed by atoms with Gasteiger partial charge in [-0.15, -0.1) is 0 Å². The van der Waals surface area contributed by atoms with Gasteiger partial charge in [0.2, 0.25) is 0 Å². The highest BCUT2D eigenvalue weighted by Crippen LogP contribution is 2.14. The number of allylic oxidation sites excluding steroid dienone is 12. The summed E-state index contributed by atoms with van der Waals surface area (Å²) in [4.78, 5) is 25.4. The molecule has 0 aliphatic heterocycles. The monoisotopic (exact) mass is 893 g/mol. The van der Waals surface area contributed by atoms with E-state index in [2.05, 4.69) is 93.7 Å². The van der Waals surface area contributed by atoms with E-state index in [-0.39, 0.29) is 25.2 Å². The minimum absolute atomic E-state index is 0.0719. The van der Waals surface area contributed by atoms with Gasteiger partial charge in [0.1, 0.15) is 6.61 Å². The van der Waals surface area contributed by atoms with Gasteiger partial charge in [0.05, 0.1) is 6.61 Å². The second kappa shape index (κ2) is 54.7. The topological polar surface area (TPSA) is 61.8 Å². The van der Waals surface area contributed by atoms with Crippen molar-refractivity contribution >= 4 is 11.9 Å². The fourth-order valence-electron chi connectivity index (χ4n) is 7.62. The summed E-state index contributed by atoms with van der Waals surface area (Å²) in [6.45, 7) is 7.64. The zero-order chi connectivity index (χ0) is 46.3. The highest BCUT2D eigenvalue weighted by molar-refractivity contribution is 5.70. The van der Waals surface area contributed by atoms with Gasteiger partial charge in [0, 0.05) is 19.4 Å². The van der Waals surface area contributed by atoms with Crippen LogP contribution in [0.2, 0.25) is 0 Å². The Balaban J connectivity index is 4.28. The number of hydrogen-bond donors (Lipinski definition) is 0. The second-order valence-electron chi connectivity index (χ2n) is 18.1. The van der Waals surface area contributed by atoms with Crippen LogP contribution in [0.1, 0.15) is 265 Å². The summed E-state index contributed by atoms with van der Waals surface area (Å²) in [5, 5.41) is 0. The lowest BCUT2D eigenvalue weighted by atomic mass is 10.1. The van der Waals surface area contributed by atoms with E-state index in [1.807, 2.05) is 0 Å². The molecular weight excluding hydrogens is 789 g/mol. The smallest absolute Gasteiger partial charge is 0.306 e. The molecule has 0 aromatic rings. The third kappa shape index (κ3) is 52.0. The third-order valence-electron chi connectivity index (χ3n) is 11.7. The van der Waals surface area contributed by atoms with E-state index in [0.717, 1.165) is 89.9 Å². The summed E-state index contributed by atoms with van der Waals surface area (Å²) in [7, 11) is 0. The van der Waals surface area contributed by atoms with Gasteiger partial charge in [0.25, 0.3) is 0 Å². The molecule has 0 N–H and O–H groups in total. The first-order chi connectivity index (χ1) is 31.6. The Labute approximate surface area is 397 Å². The largest absolute Gasteiger partial charge is 0.462 e. The molecule has 0 bridgehead atoms. The average Bonchev–Trinajstić information content (AvgIpc) is 3.30. The van der Waals surface area contributed by atoms with Gasteiger partial charge in [-0.05, 0) is 103 Å². The van der Waals surface area contributed by atoms with Crippen molar-refractivity contribution in [1.29, 1.82) is 0 Å². The molecule has 0 saturated heterocycles. The maximum atomic E-state index is 12.8. The molecule has 0 aromatic carbocycles. The highest BCUT2D eigenvalue weighted by Gasteiger charge is 2.17. The lowest BCUT2D eigenvalue weighted by molar-refractivity contribution is -0.163. The molecule has 0 aliphatic carbocycles. The molecule has 0 amide bonds. The number of esters is 2. The SMILES string of the molecule is CC/C=C\C/C=C\C/C=C\CCCCCCCCCC(=O)OCC(COCCCCCCCCCC/C=C\CCCCCCCC)OC(=O)CCCCCCC/C=C\C/C=C\CCC. The Hall–Kier alpha value is -2.66. The quantitative estimate of drug-likeness (QED) is 0.0346. The van der Waals surface area contributed by atoms with Crippen molar-refractivity contribution in [1.82, 2.24) is 0 Å². The van der Waals surface area contributed by atoms with Crippen LogP contribution in [0.4, 0.5) is 0 Å². The maximum Gasteiger partial charge on any atom is 0.306 e. The summed E-state index contributed by atoms with van der Waals surface area (Å²) in [5.74, 6) is -0.421. The molecule has 0 rings (SSSR count). The minimum Gasteiger partial charge on any atom is -0.462 e. The van der Waals surface area contributed by atoms with Crippen LogP contribution < -0.4 is 0 Å². The number of carbonyl (C=O) groups is 2. The van der Waals surface area contributed by atoms with Gasteiger partial charge in [0.15, 0.2) is 6.10 Å². The van der Waals surface area contributed by atoms with Crippen LogP contribution in [0, 0.1) is 0 Å². The molecule has 1 atom stereocenters. The first kappa shape index (κ1) is 61.3. The second-order valence-corrected chi connectivity index (χ2v) is 18.1. The Morgan fingerprint density at radius 3 is 1.20 bits per heavy atom. The molecule has 5 heteroatoms. The van der Waals surface area contributed by atoms with Crippen molar-refractivity contribution in [3.8, 4) is 0 Å². The summed E-state index contributed by atoms with van der Waals surface area (Å²) in [5.41, 5.74) is 0. The fraction of sp³-hybridized carbons (Fsp3) is 0.763. The van der Waals surface area contributed by atoms with Crippen LogP contribution in [-0.4, -0.2) is 37.9 Å². The van der Waals surface area contributed by atoms with Crippen LogP contribution in [0.3, 0.4) is 0 Å². The molecule has 0 saturated carbocycles. The van der Waals surface area contributed by atoms with Crippen LogP contribution in [0.25, 0.3) is 0 Å². The van der Waals surface area contributed by atoms with Crippen LogP contribution >= 0.6 is 0 Å². The van der Waals surface area contributed by atoms with Gasteiger partial charge >= 0.3 is 11.9 Å². The van der Waals surface area contributed by atoms with E-state index >= 15 is 0 Å². The van der Waals surface area contributed by atoms with Gasteiger partial charge in [-0.2, -0.15) is 0 Å². The summed E-state index contributed by atoms with van der Waals surface area (Å²) < 4.78 is 17.4. The van der Waals surface area contributed by atoms with E-state index in [4.69, 9.17) is 14.2 Å². The standard InChI is InChI=1S/C59H104O5/c1-4-7-10-13-16-19-22-25-27-29-31-33-36-39-42-45-48-51-54-62-55-57(64-59(61)53-50-47-44-41-38-34-24-21-18-15-12-9-6-3)56-63-58(60)52-49-46-43-40-37-35-32-30-28-26-23-20-17-14-11-8-5-2/h8,11-12,15,17,20-21,24-28,57H,4-7,9-10,13-14,16,18-19,22-23,29-56H2,1-3H3/b11-8-,15-12-,20-17-,24-21-,27-25-,28-26-. The summed E-state index contributed by atoms with van der Waals surface area (Å²) in [6, 6.07) is 0. The third-order valence-corrected chi connectivity index (χ3v) is 11.7. The first-order valence-electron chi connectivity index (χ1n) is 27.5. The molecule has 64 heavy (non-hydrogen) atoms. The Bertz CT molecular complexity index is 1150. The lowest BCUT2D eigenvalue weighted by Crippen LogP contribution is -2.30. The summed E-state index contributed by atoms with van der Waals surface area (Å²) >= 11 is 0. The summed E-state index contributed by atoms with van der Waals surface area (Å²) in [6.07, 6.45) is 70.6. The van der Waals surface area contributed by atoms with Gasteiger partial charge < -0.3 is 14.2 Å². The maximum absolute atomic E-state index is 12.8. The number of unbranched alkanes of at least 4 members (excludes halogenated alkanes) is 27. The molecule has 0 aromatic heterocycles. The molecule has 0 fully saturated rings. The molecule has 1 unspecified atom stereocenters. The molecule has 0 spiro atoms. The van der Waals surface area contributed by atoms with Crippen LogP contribution in [0.5, 0.6) is 0 Å². The Kier molecular flexibility index (Phi) is 52.4. The van der Waals surface area contributed by atoms with Crippen LogP contribution in [0.15, 0.2) is 72.9 Å². The highest BCUT2D eigenvalue weighted by atomic mass is 16.6. The molecule has 0 radical (unpaired) electrons.